The zero-order valence-electron chi connectivity index (χ0n) is 19.1. The van der Waals surface area contributed by atoms with Crippen molar-refractivity contribution >= 4 is 26.8 Å². The van der Waals surface area contributed by atoms with E-state index >= 15 is 0 Å². The molecule has 7 nitrogen and oxygen atoms in total. The van der Waals surface area contributed by atoms with Crippen LogP contribution in [0, 0.1) is 5.82 Å². The van der Waals surface area contributed by atoms with Gasteiger partial charge in [-0.05, 0) is 42.7 Å². The molecule has 0 unspecified atom stereocenters. The summed E-state index contributed by atoms with van der Waals surface area (Å²) >= 11 is 0. The van der Waals surface area contributed by atoms with Crippen molar-refractivity contribution in [3.05, 3.63) is 78.0 Å². The van der Waals surface area contributed by atoms with Crippen molar-refractivity contribution in [2.45, 2.75) is 36.6 Å². The molecule has 12 heteroatoms. The lowest BCUT2D eigenvalue weighted by Crippen LogP contribution is -2.54. The van der Waals surface area contributed by atoms with Crippen molar-refractivity contribution in [3.8, 4) is 11.3 Å². The summed E-state index contributed by atoms with van der Waals surface area (Å²) in [6, 6.07) is 10.9. The number of alkyl halides is 3. The SMILES string of the molecule is O=C(CCc1cccc(-c2cnc(C(F)(F)F)cn2)c1)[C@@H]1CCN1S(=O)(=O)c1cc2cc(F)ccc2o1. The maximum Gasteiger partial charge on any atom is 0.434 e. The van der Waals surface area contributed by atoms with Crippen LogP contribution in [0.3, 0.4) is 0 Å². The molecule has 0 radical (unpaired) electrons. The van der Waals surface area contributed by atoms with Crippen molar-refractivity contribution in [2.24, 2.45) is 0 Å². The first-order valence-electron chi connectivity index (χ1n) is 11.2. The molecule has 1 fully saturated rings. The number of hydrogen-bond acceptors (Lipinski definition) is 6. The van der Waals surface area contributed by atoms with E-state index in [4.69, 9.17) is 4.42 Å². The molecule has 37 heavy (non-hydrogen) atoms. The quantitative estimate of drug-likeness (QED) is 0.310. The average molecular weight is 534 g/mol. The number of ketones is 1. The third kappa shape index (κ3) is 4.98. The van der Waals surface area contributed by atoms with Crippen LogP contribution in [0.4, 0.5) is 17.6 Å². The third-order valence-corrected chi connectivity index (χ3v) is 7.95. The van der Waals surface area contributed by atoms with Gasteiger partial charge in [0.15, 0.2) is 11.5 Å². The normalized spacial score (nSPS) is 16.6. The minimum absolute atomic E-state index is 0.0597. The maximum absolute atomic E-state index is 13.5. The van der Waals surface area contributed by atoms with Crippen molar-refractivity contribution in [2.75, 3.05) is 6.54 Å². The highest BCUT2D eigenvalue weighted by atomic mass is 32.2. The summed E-state index contributed by atoms with van der Waals surface area (Å²) in [6.07, 6.45) is -2.15. The largest absolute Gasteiger partial charge is 0.443 e. The van der Waals surface area contributed by atoms with Crippen molar-refractivity contribution < 1.29 is 35.2 Å². The van der Waals surface area contributed by atoms with Gasteiger partial charge in [-0.15, -0.1) is 0 Å². The first-order chi connectivity index (χ1) is 17.5. The van der Waals surface area contributed by atoms with Gasteiger partial charge < -0.3 is 4.42 Å². The lowest BCUT2D eigenvalue weighted by molar-refractivity contribution is -0.141. The number of nitrogens with zero attached hydrogens (tertiary/aromatic N) is 3. The molecule has 0 bridgehead atoms. The summed E-state index contributed by atoms with van der Waals surface area (Å²) in [4.78, 5) is 20.1. The molecule has 0 aliphatic carbocycles. The number of Topliss-reactive ketones (excluding diaryl/α,β-unsaturated/α-hetero) is 1. The minimum Gasteiger partial charge on any atom is -0.443 e. The van der Waals surface area contributed by atoms with E-state index in [2.05, 4.69) is 9.97 Å². The zero-order valence-corrected chi connectivity index (χ0v) is 19.9. The standard InChI is InChI=1S/C25H19F4N3O4S/c26-18-5-7-22-17(11-18)12-24(36-22)37(34,35)32-9-8-20(32)21(33)6-4-15-2-1-3-16(10-15)19-13-31-23(14-30-19)25(27,28)29/h1-3,5,7,10-14,20H,4,6,8-9H2/t20-/m0/s1. The Morgan fingerprint density at radius 3 is 2.57 bits per heavy atom. The predicted octanol–water partition coefficient (Wildman–Crippen LogP) is 5.01. The molecular weight excluding hydrogens is 514 g/mol. The molecule has 2 aromatic carbocycles. The lowest BCUT2D eigenvalue weighted by atomic mass is 9.96. The molecule has 192 valence electrons. The van der Waals surface area contributed by atoms with Gasteiger partial charge in [-0.2, -0.15) is 17.5 Å². The van der Waals surface area contributed by atoms with E-state index in [1.54, 1.807) is 24.3 Å². The van der Waals surface area contributed by atoms with Crippen LogP contribution in [0.1, 0.15) is 24.1 Å². The molecule has 0 spiro atoms. The summed E-state index contributed by atoms with van der Waals surface area (Å²) in [5.41, 5.74) is 0.665. The van der Waals surface area contributed by atoms with E-state index in [0.29, 0.717) is 30.0 Å². The molecule has 2 aromatic heterocycles. The van der Waals surface area contributed by atoms with Crippen LogP contribution in [0.2, 0.25) is 0 Å². The number of rotatable bonds is 7. The second kappa shape index (κ2) is 9.34. The number of sulfonamides is 1. The summed E-state index contributed by atoms with van der Waals surface area (Å²) in [6.45, 7) is 0.159. The Labute approximate surface area is 208 Å². The number of furan rings is 1. The van der Waals surface area contributed by atoms with Crippen molar-refractivity contribution in [1.82, 2.24) is 14.3 Å². The molecule has 1 aliphatic heterocycles. The number of halogens is 4. The molecular formula is C25H19F4N3O4S. The van der Waals surface area contributed by atoms with Crippen LogP contribution >= 0.6 is 0 Å². The Morgan fingerprint density at radius 1 is 1.08 bits per heavy atom. The fraction of sp³-hybridized carbons (Fsp3) is 0.240. The molecule has 0 N–H and O–H groups in total. The number of benzene rings is 2. The molecule has 3 heterocycles. The van der Waals surface area contributed by atoms with Crippen LogP contribution in [-0.2, 0) is 27.4 Å². The summed E-state index contributed by atoms with van der Waals surface area (Å²) in [5, 5.41) is -0.0458. The Bertz CT molecular complexity index is 1580. The van der Waals surface area contributed by atoms with Crippen molar-refractivity contribution in [1.29, 1.82) is 0 Å². The van der Waals surface area contributed by atoms with E-state index < -0.39 is 33.8 Å². The average Bonchev–Trinajstić information content (AvgIpc) is 3.26. The maximum atomic E-state index is 13.5. The van der Waals surface area contributed by atoms with Gasteiger partial charge in [0.2, 0.25) is 5.09 Å². The molecule has 4 aromatic rings. The van der Waals surface area contributed by atoms with Gasteiger partial charge in [0, 0.05) is 30.0 Å². The molecule has 5 rings (SSSR count). The Kier molecular flexibility index (Phi) is 6.32. The van der Waals surface area contributed by atoms with E-state index in [1.807, 2.05) is 0 Å². The fourth-order valence-electron chi connectivity index (χ4n) is 4.15. The van der Waals surface area contributed by atoms with Gasteiger partial charge in [0.05, 0.1) is 24.1 Å². The second-order valence-electron chi connectivity index (χ2n) is 8.62. The van der Waals surface area contributed by atoms with Crippen LogP contribution in [0.15, 0.2) is 70.4 Å². The fourth-order valence-corrected chi connectivity index (χ4v) is 5.76. The molecule has 1 aliphatic rings. The number of aromatic nitrogens is 2. The van der Waals surface area contributed by atoms with E-state index in [0.717, 1.165) is 22.1 Å². The number of carbonyl (C=O) groups is 1. The minimum atomic E-state index is -4.58. The molecule has 0 saturated carbocycles. The Balaban J connectivity index is 1.25. The van der Waals surface area contributed by atoms with Gasteiger partial charge in [-0.3, -0.25) is 9.78 Å². The van der Waals surface area contributed by atoms with Gasteiger partial charge in [-0.1, -0.05) is 18.2 Å². The van der Waals surface area contributed by atoms with E-state index in [9.17, 15) is 30.8 Å². The Hall–Kier alpha value is -3.64. The first kappa shape index (κ1) is 25.0. The Morgan fingerprint density at radius 2 is 1.89 bits per heavy atom. The van der Waals surface area contributed by atoms with Crippen LogP contribution in [0.5, 0.6) is 0 Å². The zero-order chi connectivity index (χ0) is 26.4. The van der Waals surface area contributed by atoms with Gasteiger partial charge in [0.1, 0.15) is 11.4 Å². The van der Waals surface area contributed by atoms with Gasteiger partial charge in [-0.25, -0.2) is 17.8 Å². The second-order valence-corrected chi connectivity index (χ2v) is 10.4. The molecule has 0 amide bonds. The number of carbonyl (C=O) groups excluding carboxylic acids is 1. The summed E-state index contributed by atoms with van der Waals surface area (Å²) in [7, 11) is -4.08. The topological polar surface area (TPSA) is 93.4 Å². The highest BCUT2D eigenvalue weighted by Gasteiger charge is 2.43. The predicted molar refractivity (Wildman–Crippen MR) is 124 cm³/mol. The van der Waals surface area contributed by atoms with Gasteiger partial charge in [0.25, 0.3) is 10.0 Å². The number of hydrogen-bond donors (Lipinski definition) is 0. The molecule has 1 atom stereocenters. The summed E-state index contributed by atoms with van der Waals surface area (Å²) in [5.74, 6) is -0.791. The molecule has 1 saturated heterocycles. The first-order valence-corrected chi connectivity index (χ1v) is 12.7. The lowest BCUT2D eigenvalue weighted by Gasteiger charge is -2.37. The van der Waals surface area contributed by atoms with Crippen LogP contribution in [0.25, 0.3) is 22.2 Å². The summed E-state index contributed by atoms with van der Waals surface area (Å²) < 4.78 is 84.2. The smallest absolute Gasteiger partial charge is 0.434 e. The highest BCUT2D eigenvalue weighted by molar-refractivity contribution is 7.89. The number of fused-ring (bicyclic) bond motifs is 1. The van der Waals surface area contributed by atoms with Crippen LogP contribution < -0.4 is 0 Å². The van der Waals surface area contributed by atoms with E-state index in [-0.39, 0.29) is 35.1 Å². The highest BCUT2D eigenvalue weighted by Crippen LogP contribution is 2.32. The van der Waals surface area contributed by atoms with Crippen LogP contribution in [-0.4, -0.2) is 41.1 Å². The number of aryl methyl sites for hydroxylation is 1. The monoisotopic (exact) mass is 533 g/mol. The third-order valence-electron chi connectivity index (χ3n) is 6.19. The van der Waals surface area contributed by atoms with Crippen molar-refractivity contribution in [3.63, 3.8) is 0 Å². The van der Waals surface area contributed by atoms with Gasteiger partial charge >= 0.3 is 6.18 Å². The van der Waals surface area contributed by atoms with E-state index in [1.165, 1.54) is 18.2 Å².